The summed E-state index contributed by atoms with van der Waals surface area (Å²) in [6.45, 7) is 6.50. The van der Waals surface area contributed by atoms with Crippen LogP contribution in [-0.4, -0.2) is 46.0 Å². The number of aliphatic hydroxyl groups is 1. The van der Waals surface area contributed by atoms with Gasteiger partial charge in [-0.05, 0) is 18.8 Å². The number of aliphatic hydroxyl groups excluding tert-OH is 1. The van der Waals surface area contributed by atoms with E-state index in [1.165, 1.54) is 11.3 Å². The number of carbonyl (C=O) groups excluding carboxylic acids is 2. The number of nitrogens with zero attached hydrogens (tertiary/aromatic N) is 2. The minimum atomic E-state index is -0.179. The van der Waals surface area contributed by atoms with Gasteiger partial charge in [-0.3, -0.25) is 9.59 Å². The first-order valence-electron chi connectivity index (χ1n) is 8.14. The van der Waals surface area contributed by atoms with E-state index in [1.54, 1.807) is 10.3 Å². The molecule has 0 spiro atoms. The van der Waals surface area contributed by atoms with Gasteiger partial charge in [-0.15, -0.1) is 11.3 Å². The molecule has 1 fully saturated rings. The Kier molecular flexibility index (Phi) is 6.12. The van der Waals surface area contributed by atoms with Crippen molar-refractivity contribution in [2.45, 2.75) is 52.1 Å². The maximum atomic E-state index is 12.6. The zero-order valence-electron chi connectivity index (χ0n) is 13.9. The molecular weight excluding hydrogens is 314 g/mol. The summed E-state index contributed by atoms with van der Waals surface area (Å²) in [5.41, 5.74) is 0.404. The second-order valence-electron chi connectivity index (χ2n) is 6.19. The van der Waals surface area contributed by atoms with Gasteiger partial charge >= 0.3 is 0 Å². The average molecular weight is 339 g/mol. The van der Waals surface area contributed by atoms with Crippen molar-refractivity contribution in [2.75, 3.05) is 13.2 Å². The van der Waals surface area contributed by atoms with Gasteiger partial charge in [0.05, 0.1) is 18.7 Å². The number of rotatable bonds is 6. The fourth-order valence-electron chi connectivity index (χ4n) is 2.76. The molecule has 2 amide bonds. The van der Waals surface area contributed by atoms with Crippen LogP contribution in [0.25, 0.3) is 0 Å². The van der Waals surface area contributed by atoms with Crippen molar-refractivity contribution < 1.29 is 14.7 Å². The first-order chi connectivity index (χ1) is 11.0. The number of aromatic nitrogens is 1. The van der Waals surface area contributed by atoms with E-state index < -0.39 is 0 Å². The van der Waals surface area contributed by atoms with E-state index in [1.807, 2.05) is 20.8 Å². The van der Waals surface area contributed by atoms with E-state index in [0.717, 1.165) is 17.8 Å². The molecule has 0 aromatic carbocycles. The fraction of sp³-hybridized carbons (Fsp3) is 0.688. The van der Waals surface area contributed by atoms with Gasteiger partial charge in [0.1, 0.15) is 10.7 Å². The lowest BCUT2D eigenvalue weighted by Crippen LogP contribution is -2.38. The quantitative estimate of drug-likeness (QED) is 0.830. The Bertz CT molecular complexity index is 559. The van der Waals surface area contributed by atoms with Crippen LogP contribution in [0.4, 0.5) is 0 Å². The summed E-state index contributed by atoms with van der Waals surface area (Å²) in [6, 6.07) is -0.283. The van der Waals surface area contributed by atoms with Gasteiger partial charge in [-0.2, -0.15) is 0 Å². The second kappa shape index (κ2) is 7.88. The Labute approximate surface area is 140 Å². The molecule has 0 radical (unpaired) electrons. The van der Waals surface area contributed by atoms with E-state index in [4.69, 9.17) is 0 Å². The van der Waals surface area contributed by atoms with Crippen LogP contribution in [0.1, 0.15) is 61.6 Å². The molecule has 2 N–H and O–H groups in total. The van der Waals surface area contributed by atoms with Crippen LogP contribution >= 0.6 is 11.3 Å². The molecule has 1 aliphatic heterocycles. The molecule has 1 aromatic heterocycles. The molecule has 0 unspecified atom stereocenters. The van der Waals surface area contributed by atoms with Crippen LogP contribution in [0.3, 0.4) is 0 Å². The van der Waals surface area contributed by atoms with Gasteiger partial charge in [-0.25, -0.2) is 4.98 Å². The van der Waals surface area contributed by atoms with Crippen molar-refractivity contribution in [1.82, 2.24) is 15.2 Å². The second-order valence-corrected chi connectivity index (χ2v) is 7.08. The van der Waals surface area contributed by atoms with E-state index in [0.29, 0.717) is 18.7 Å². The molecular formula is C16H25N3O3S. The summed E-state index contributed by atoms with van der Waals surface area (Å²) >= 11 is 1.40. The Morgan fingerprint density at radius 2 is 2.26 bits per heavy atom. The smallest absolute Gasteiger partial charge is 0.273 e. The normalized spacial score (nSPS) is 19.2. The summed E-state index contributed by atoms with van der Waals surface area (Å²) in [6.07, 6.45) is 2.17. The number of carbonyl (C=O) groups is 2. The lowest BCUT2D eigenvalue weighted by Gasteiger charge is -2.22. The van der Waals surface area contributed by atoms with Crippen molar-refractivity contribution >= 4 is 23.2 Å². The SMILES string of the molecule is CCC(=O)N[C@H](c1nc(C(=O)N2CCC[C@@H]2CO)cs1)C(C)C. The van der Waals surface area contributed by atoms with E-state index in [-0.39, 0.29) is 36.4 Å². The molecule has 1 aliphatic rings. The maximum Gasteiger partial charge on any atom is 0.273 e. The molecule has 128 valence electrons. The molecule has 1 aromatic rings. The molecule has 2 heterocycles. The van der Waals surface area contributed by atoms with Gasteiger partial charge in [0, 0.05) is 18.3 Å². The van der Waals surface area contributed by atoms with Gasteiger partial charge in [0.25, 0.3) is 5.91 Å². The topological polar surface area (TPSA) is 82.5 Å². The summed E-state index contributed by atoms with van der Waals surface area (Å²) in [5, 5.41) is 14.8. The van der Waals surface area contributed by atoms with Crippen LogP contribution < -0.4 is 5.32 Å². The Morgan fingerprint density at radius 1 is 1.52 bits per heavy atom. The molecule has 0 bridgehead atoms. The minimum absolute atomic E-state index is 0.0100. The Balaban J connectivity index is 2.14. The standard InChI is InChI=1S/C16H25N3O3S/c1-4-13(21)18-14(10(2)3)15-17-12(9-23-15)16(22)19-7-5-6-11(19)8-20/h9-11,14,20H,4-8H2,1-3H3,(H,18,21)/t11-,14+/m1/s1. The summed E-state index contributed by atoms with van der Waals surface area (Å²) in [5.74, 6) is 0.0385. The molecule has 0 aliphatic carbocycles. The van der Waals surface area contributed by atoms with Crippen molar-refractivity contribution in [3.63, 3.8) is 0 Å². The van der Waals surface area contributed by atoms with Crippen LogP contribution in [-0.2, 0) is 4.79 Å². The van der Waals surface area contributed by atoms with E-state index in [2.05, 4.69) is 10.3 Å². The number of hydrogen-bond donors (Lipinski definition) is 2. The highest BCUT2D eigenvalue weighted by molar-refractivity contribution is 7.09. The number of amides is 2. The Morgan fingerprint density at radius 3 is 2.87 bits per heavy atom. The summed E-state index contributed by atoms with van der Waals surface area (Å²) < 4.78 is 0. The van der Waals surface area contributed by atoms with Crippen LogP contribution in [0.15, 0.2) is 5.38 Å². The van der Waals surface area contributed by atoms with Gasteiger partial charge < -0.3 is 15.3 Å². The number of likely N-dealkylation sites (tertiary alicyclic amines) is 1. The Hall–Kier alpha value is -1.47. The first kappa shape index (κ1) is 17.9. The zero-order chi connectivity index (χ0) is 17.0. The predicted molar refractivity (Wildman–Crippen MR) is 89.3 cm³/mol. The van der Waals surface area contributed by atoms with E-state index in [9.17, 15) is 14.7 Å². The molecule has 7 heteroatoms. The van der Waals surface area contributed by atoms with Crippen molar-refractivity contribution in [3.8, 4) is 0 Å². The summed E-state index contributed by atoms with van der Waals surface area (Å²) in [7, 11) is 0. The molecule has 1 saturated heterocycles. The molecule has 2 atom stereocenters. The van der Waals surface area contributed by atoms with Gasteiger partial charge in [-0.1, -0.05) is 20.8 Å². The maximum absolute atomic E-state index is 12.6. The zero-order valence-corrected chi connectivity index (χ0v) is 14.7. The third kappa shape index (κ3) is 4.09. The van der Waals surface area contributed by atoms with E-state index >= 15 is 0 Å². The molecule has 23 heavy (non-hydrogen) atoms. The highest BCUT2D eigenvalue weighted by Crippen LogP contribution is 2.27. The molecule has 6 nitrogen and oxygen atoms in total. The fourth-order valence-corrected chi connectivity index (χ4v) is 3.77. The van der Waals surface area contributed by atoms with Crippen LogP contribution in [0.2, 0.25) is 0 Å². The van der Waals surface area contributed by atoms with Gasteiger partial charge in [0.15, 0.2) is 0 Å². The predicted octanol–water partition coefficient (Wildman–Crippen LogP) is 1.96. The van der Waals surface area contributed by atoms with Crippen LogP contribution in [0.5, 0.6) is 0 Å². The monoisotopic (exact) mass is 339 g/mol. The third-order valence-corrected chi connectivity index (χ3v) is 5.09. The summed E-state index contributed by atoms with van der Waals surface area (Å²) in [4.78, 5) is 30.4. The molecule has 0 saturated carbocycles. The number of thiazole rings is 1. The van der Waals surface area contributed by atoms with Crippen molar-refractivity contribution in [1.29, 1.82) is 0 Å². The first-order valence-corrected chi connectivity index (χ1v) is 9.02. The molecule has 2 rings (SSSR count). The van der Waals surface area contributed by atoms with Crippen molar-refractivity contribution in [3.05, 3.63) is 16.1 Å². The lowest BCUT2D eigenvalue weighted by atomic mass is 10.1. The highest BCUT2D eigenvalue weighted by atomic mass is 32.1. The number of hydrogen-bond acceptors (Lipinski definition) is 5. The largest absolute Gasteiger partial charge is 0.394 e. The highest BCUT2D eigenvalue weighted by Gasteiger charge is 2.31. The number of nitrogens with one attached hydrogen (secondary N) is 1. The third-order valence-electron chi connectivity index (χ3n) is 4.16. The van der Waals surface area contributed by atoms with Crippen molar-refractivity contribution in [2.24, 2.45) is 5.92 Å². The lowest BCUT2D eigenvalue weighted by molar-refractivity contribution is -0.121. The van der Waals surface area contributed by atoms with Gasteiger partial charge in [0.2, 0.25) is 5.91 Å². The average Bonchev–Trinajstić information content (AvgIpc) is 3.19. The minimum Gasteiger partial charge on any atom is -0.394 e. The van der Waals surface area contributed by atoms with Crippen LogP contribution in [0, 0.1) is 5.92 Å².